The fraction of sp³-hybridized carbons (Fsp3) is 0.867. The molecule has 21 heavy (non-hydrogen) atoms. The molecule has 0 aromatic rings. The molecule has 1 aliphatic carbocycles. The van der Waals surface area contributed by atoms with Gasteiger partial charge in [0.15, 0.2) is 0 Å². The second-order valence-corrected chi connectivity index (χ2v) is 6.21. The van der Waals surface area contributed by atoms with Crippen molar-refractivity contribution in [1.29, 1.82) is 0 Å². The molecule has 0 radical (unpaired) electrons. The summed E-state index contributed by atoms with van der Waals surface area (Å²) in [6.07, 6.45) is 2.42. The first-order chi connectivity index (χ1) is 9.77. The van der Waals surface area contributed by atoms with Gasteiger partial charge in [-0.2, -0.15) is 0 Å². The minimum Gasteiger partial charge on any atom is -0.466 e. The third-order valence-corrected chi connectivity index (χ3v) is 4.00. The molecule has 6 heteroatoms. The number of amides is 1. The molecule has 122 valence electrons. The van der Waals surface area contributed by atoms with Crippen LogP contribution in [-0.2, 0) is 14.3 Å². The van der Waals surface area contributed by atoms with E-state index in [1.165, 1.54) is 4.90 Å². The Bertz CT molecular complexity index is 363. The van der Waals surface area contributed by atoms with E-state index < -0.39 is 5.60 Å². The molecule has 0 saturated heterocycles. The second-order valence-electron chi connectivity index (χ2n) is 6.21. The number of rotatable bonds is 6. The molecule has 0 unspecified atom stereocenters. The Kier molecular flexibility index (Phi) is 6.61. The van der Waals surface area contributed by atoms with Crippen LogP contribution < -0.4 is 0 Å². The lowest BCUT2D eigenvalue weighted by atomic mass is 9.78. The zero-order chi connectivity index (χ0) is 16.0. The van der Waals surface area contributed by atoms with E-state index in [1.807, 2.05) is 11.9 Å². The van der Waals surface area contributed by atoms with Crippen LogP contribution in [0.3, 0.4) is 0 Å². The molecule has 1 rings (SSSR count). The largest absolute Gasteiger partial charge is 0.466 e. The minimum absolute atomic E-state index is 0.0151. The maximum atomic E-state index is 11.7. The van der Waals surface area contributed by atoms with E-state index in [1.54, 1.807) is 21.0 Å². The Hall–Kier alpha value is -1.14. The normalized spacial score (nSPS) is 25.7. The molecular weight excluding hydrogens is 272 g/mol. The van der Waals surface area contributed by atoms with E-state index in [0.717, 1.165) is 0 Å². The lowest BCUT2D eigenvalue weighted by molar-refractivity contribution is -0.151. The van der Waals surface area contributed by atoms with Gasteiger partial charge in [-0.15, -0.1) is 0 Å². The summed E-state index contributed by atoms with van der Waals surface area (Å²) in [6.45, 7) is 2.93. The van der Waals surface area contributed by atoms with Crippen molar-refractivity contribution in [1.82, 2.24) is 9.80 Å². The SMILES string of the molecule is CCOC(=O)C1CCC(O)(CN(C)CC(=O)N(C)C)CC1. The van der Waals surface area contributed by atoms with E-state index in [2.05, 4.69) is 0 Å². The van der Waals surface area contributed by atoms with Crippen LogP contribution in [0.5, 0.6) is 0 Å². The van der Waals surface area contributed by atoms with Crippen molar-refractivity contribution in [3.63, 3.8) is 0 Å². The number of aliphatic hydroxyl groups is 1. The van der Waals surface area contributed by atoms with Gasteiger partial charge in [-0.3, -0.25) is 14.5 Å². The molecule has 1 N–H and O–H groups in total. The number of likely N-dealkylation sites (N-methyl/N-ethyl adjacent to an activating group) is 2. The first-order valence-electron chi connectivity index (χ1n) is 7.55. The Balaban J connectivity index is 2.43. The summed E-state index contributed by atoms with van der Waals surface area (Å²) >= 11 is 0. The van der Waals surface area contributed by atoms with Gasteiger partial charge in [0, 0.05) is 20.6 Å². The molecule has 1 aliphatic rings. The van der Waals surface area contributed by atoms with Crippen LogP contribution in [-0.4, -0.2) is 73.2 Å². The molecule has 1 saturated carbocycles. The highest BCUT2D eigenvalue weighted by atomic mass is 16.5. The van der Waals surface area contributed by atoms with Crippen LogP contribution in [0.1, 0.15) is 32.6 Å². The van der Waals surface area contributed by atoms with Crippen LogP contribution in [0.2, 0.25) is 0 Å². The first kappa shape index (κ1) is 17.9. The second kappa shape index (κ2) is 7.75. The number of hydrogen-bond donors (Lipinski definition) is 1. The average molecular weight is 300 g/mol. The quantitative estimate of drug-likeness (QED) is 0.723. The van der Waals surface area contributed by atoms with Gasteiger partial charge < -0.3 is 14.7 Å². The highest BCUT2D eigenvalue weighted by Gasteiger charge is 2.37. The number of ether oxygens (including phenoxy) is 1. The van der Waals surface area contributed by atoms with Crippen LogP contribution in [0.25, 0.3) is 0 Å². The topological polar surface area (TPSA) is 70.1 Å². The molecule has 0 spiro atoms. The molecular formula is C15H28N2O4. The molecule has 0 aromatic carbocycles. The smallest absolute Gasteiger partial charge is 0.308 e. The van der Waals surface area contributed by atoms with E-state index in [9.17, 15) is 14.7 Å². The predicted octanol–water partition coefficient (Wildman–Crippen LogP) is 0.491. The van der Waals surface area contributed by atoms with Gasteiger partial charge in [0.1, 0.15) is 0 Å². The Morgan fingerprint density at radius 3 is 2.29 bits per heavy atom. The molecule has 0 aliphatic heterocycles. The van der Waals surface area contributed by atoms with Crippen LogP contribution in [0.15, 0.2) is 0 Å². The highest BCUT2D eigenvalue weighted by Crippen LogP contribution is 2.33. The van der Waals surface area contributed by atoms with Crippen molar-refractivity contribution in [2.75, 3.05) is 40.8 Å². The number of nitrogens with zero attached hydrogens (tertiary/aromatic N) is 2. The summed E-state index contributed by atoms with van der Waals surface area (Å²) in [5, 5.41) is 10.6. The molecule has 6 nitrogen and oxygen atoms in total. The van der Waals surface area contributed by atoms with Crippen molar-refractivity contribution in [3.8, 4) is 0 Å². The number of hydrogen-bond acceptors (Lipinski definition) is 5. The van der Waals surface area contributed by atoms with Gasteiger partial charge in [0.05, 0.1) is 24.7 Å². The summed E-state index contributed by atoms with van der Waals surface area (Å²) < 4.78 is 5.03. The van der Waals surface area contributed by atoms with Gasteiger partial charge >= 0.3 is 5.97 Å². The first-order valence-corrected chi connectivity index (χ1v) is 7.55. The van der Waals surface area contributed by atoms with Gasteiger partial charge in [-0.1, -0.05) is 0 Å². The van der Waals surface area contributed by atoms with E-state index >= 15 is 0 Å². The zero-order valence-corrected chi connectivity index (χ0v) is 13.6. The summed E-state index contributed by atoms with van der Waals surface area (Å²) in [7, 11) is 5.27. The molecule has 1 amide bonds. The summed E-state index contributed by atoms with van der Waals surface area (Å²) in [5.74, 6) is -0.240. The van der Waals surface area contributed by atoms with Gasteiger partial charge in [0.2, 0.25) is 5.91 Å². The van der Waals surface area contributed by atoms with E-state index in [-0.39, 0.29) is 24.3 Å². The van der Waals surface area contributed by atoms with Crippen molar-refractivity contribution < 1.29 is 19.4 Å². The Morgan fingerprint density at radius 2 is 1.81 bits per heavy atom. The monoisotopic (exact) mass is 300 g/mol. The third kappa shape index (κ3) is 5.63. The predicted molar refractivity (Wildman–Crippen MR) is 79.7 cm³/mol. The summed E-state index contributed by atoms with van der Waals surface area (Å²) in [6, 6.07) is 0. The van der Waals surface area contributed by atoms with Gasteiger partial charge in [-0.25, -0.2) is 0 Å². The van der Waals surface area contributed by atoms with Crippen LogP contribution in [0, 0.1) is 5.92 Å². The Morgan fingerprint density at radius 1 is 1.24 bits per heavy atom. The molecule has 1 fully saturated rings. The lowest BCUT2D eigenvalue weighted by Crippen LogP contribution is -2.47. The Labute approximate surface area is 127 Å². The fourth-order valence-corrected chi connectivity index (χ4v) is 2.74. The van der Waals surface area contributed by atoms with Crippen molar-refractivity contribution in [3.05, 3.63) is 0 Å². The van der Waals surface area contributed by atoms with Gasteiger partial charge in [-0.05, 0) is 39.7 Å². The molecule has 0 bridgehead atoms. The molecule has 0 atom stereocenters. The standard InChI is InChI=1S/C15H28N2O4/c1-5-21-14(19)12-6-8-15(20,9-7-12)11-17(4)10-13(18)16(2)3/h12,20H,5-11H2,1-4H3. The van der Waals surface area contributed by atoms with Crippen molar-refractivity contribution >= 4 is 11.9 Å². The molecule has 0 heterocycles. The van der Waals surface area contributed by atoms with E-state index in [0.29, 0.717) is 38.8 Å². The number of carbonyl (C=O) groups excluding carboxylic acids is 2. The lowest BCUT2D eigenvalue weighted by Gasteiger charge is -2.37. The minimum atomic E-state index is -0.815. The highest BCUT2D eigenvalue weighted by molar-refractivity contribution is 5.77. The molecule has 0 aromatic heterocycles. The summed E-state index contributed by atoms with van der Waals surface area (Å²) in [4.78, 5) is 26.7. The third-order valence-electron chi connectivity index (χ3n) is 4.00. The van der Waals surface area contributed by atoms with Gasteiger partial charge in [0.25, 0.3) is 0 Å². The van der Waals surface area contributed by atoms with Crippen molar-refractivity contribution in [2.24, 2.45) is 5.92 Å². The average Bonchev–Trinajstić information content (AvgIpc) is 2.38. The number of esters is 1. The maximum absolute atomic E-state index is 11.7. The number of carbonyl (C=O) groups is 2. The van der Waals surface area contributed by atoms with Crippen LogP contribution >= 0.6 is 0 Å². The van der Waals surface area contributed by atoms with Crippen LogP contribution in [0.4, 0.5) is 0 Å². The van der Waals surface area contributed by atoms with E-state index in [4.69, 9.17) is 4.74 Å². The fourth-order valence-electron chi connectivity index (χ4n) is 2.74. The zero-order valence-electron chi connectivity index (χ0n) is 13.6. The maximum Gasteiger partial charge on any atom is 0.308 e. The summed E-state index contributed by atoms with van der Waals surface area (Å²) in [5.41, 5.74) is -0.815. The van der Waals surface area contributed by atoms with Crippen molar-refractivity contribution in [2.45, 2.75) is 38.2 Å².